The van der Waals surface area contributed by atoms with E-state index in [9.17, 15) is 15.2 Å². The van der Waals surface area contributed by atoms with Gasteiger partial charge in [0.05, 0.1) is 11.1 Å². The highest BCUT2D eigenvalue weighted by Gasteiger charge is 2.05. The smallest absolute Gasteiger partial charge is 0.270 e. The summed E-state index contributed by atoms with van der Waals surface area (Å²) in [5, 5.41) is 29.5. The third-order valence-corrected chi connectivity index (χ3v) is 2.69. The van der Waals surface area contributed by atoms with Crippen LogP contribution in [0.4, 0.5) is 5.69 Å². The van der Waals surface area contributed by atoms with Crippen molar-refractivity contribution in [3.8, 4) is 5.75 Å². The molecule has 0 amide bonds. The van der Waals surface area contributed by atoms with Crippen molar-refractivity contribution in [3.63, 3.8) is 0 Å². The van der Waals surface area contributed by atoms with Gasteiger partial charge in [-0.15, -0.1) is 11.7 Å². The topological polar surface area (TPSA) is 117 Å². The van der Waals surface area contributed by atoms with Gasteiger partial charge in [0.25, 0.3) is 5.69 Å². The largest absolute Gasteiger partial charge is 0.872 e. The van der Waals surface area contributed by atoms with Crippen LogP contribution >= 0.6 is 11.8 Å². The van der Waals surface area contributed by atoms with Crippen LogP contribution in [0.1, 0.15) is 5.56 Å². The molecule has 8 heteroatoms. The molecule has 2 N–H and O–H groups in total. The van der Waals surface area contributed by atoms with E-state index in [0.717, 1.165) is 24.4 Å². The molecule has 0 heterocycles. The fourth-order valence-corrected chi connectivity index (χ4v) is 1.46. The highest BCUT2D eigenvalue weighted by atomic mass is 32.2. The van der Waals surface area contributed by atoms with Crippen LogP contribution < -0.4 is 10.8 Å². The molecule has 1 aromatic rings. The lowest BCUT2D eigenvalue weighted by molar-refractivity contribution is -0.385. The maximum absolute atomic E-state index is 11.4. The van der Waals surface area contributed by atoms with Crippen LogP contribution in [0.2, 0.25) is 0 Å². The zero-order valence-electron chi connectivity index (χ0n) is 9.85. The molecule has 1 aromatic carbocycles. The summed E-state index contributed by atoms with van der Waals surface area (Å²) < 4.78 is 0. The number of nitrogens with two attached hydrogens (primary N) is 1. The number of amidine groups is 1. The minimum Gasteiger partial charge on any atom is -0.872 e. The Balaban J connectivity index is 2.83. The summed E-state index contributed by atoms with van der Waals surface area (Å²) in [7, 11) is 0. The van der Waals surface area contributed by atoms with Crippen LogP contribution in [0.3, 0.4) is 0 Å². The zero-order chi connectivity index (χ0) is 14.3. The van der Waals surface area contributed by atoms with Gasteiger partial charge >= 0.3 is 0 Å². The van der Waals surface area contributed by atoms with Gasteiger partial charge in [0.15, 0.2) is 5.17 Å². The minimum absolute atomic E-state index is 0.0828. The summed E-state index contributed by atoms with van der Waals surface area (Å²) in [5.41, 5.74) is 5.41. The number of hydrogen-bond acceptors (Lipinski definition) is 6. The molecular formula is C11H11N4O3S-. The molecule has 0 fully saturated rings. The minimum atomic E-state index is -0.589. The SMILES string of the molecule is C=CCS/C(N)=N/N=C\c1cc([N+](=O)[O-])ccc1[O-]. The maximum atomic E-state index is 11.4. The molecule has 19 heavy (non-hydrogen) atoms. The van der Waals surface area contributed by atoms with Gasteiger partial charge in [0.2, 0.25) is 0 Å². The van der Waals surface area contributed by atoms with E-state index in [4.69, 9.17) is 5.73 Å². The first-order valence-corrected chi connectivity index (χ1v) is 6.08. The van der Waals surface area contributed by atoms with Gasteiger partial charge in [-0.25, -0.2) is 0 Å². The third-order valence-electron chi connectivity index (χ3n) is 1.91. The summed E-state index contributed by atoms with van der Waals surface area (Å²) >= 11 is 1.23. The van der Waals surface area contributed by atoms with E-state index in [0.29, 0.717) is 5.75 Å². The number of non-ortho nitro benzene ring substituents is 1. The molecule has 0 saturated carbocycles. The molecule has 7 nitrogen and oxygen atoms in total. The Morgan fingerprint density at radius 1 is 1.58 bits per heavy atom. The number of nitrogens with zero attached hydrogens (tertiary/aromatic N) is 3. The predicted octanol–water partition coefficient (Wildman–Crippen LogP) is 1.24. The van der Waals surface area contributed by atoms with Crippen LogP contribution in [0.15, 0.2) is 41.1 Å². The normalized spacial score (nSPS) is 11.7. The fourth-order valence-electron chi connectivity index (χ4n) is 1.07. The Hall–Kier alpha value is -2.35. The van der Waals surface area contributed by atoms with Crippen LogP contribution in [0.25, 0.3) is 0 Å². The Labute approximate surface area is 113 Å². The second-order valence-corrected chi connectivity index (χ2v) is 4.30. The van der Waals surface area contributed by atoms with Crippen molar-refractivity contribution in [1.82, 2.24) is 0 Å². The summed E-state index contributed by atoms with van der Waals surface area (Å²) in [6, 6.07) is 3.38. The van der Waals surface area contributed by atoms with Crippen molar-refractivity contribution >= 4 is 28.8 Å². The van der Waals surface area contributed by atoms with Gasteiger partial charge in [-0.3, -0.25) is 10.1 Å². The average Bonchev–Trinajstić information content (AvgIpc) is 2.38. The average molecular weight is 279 g/mol. The van der Waals surface area contributed by atoms with Gasteiger partial charge in [-0.05, 0) is 5.56 Å². The summed E-state index contributed by atoms with van der Waals surface area (Å²) in [6.45, 7) is 3.52. The van der Waals surface area contributed by atoms with Crippen LogP contribution in [-0.2, 0) is 0 Å². The second-order valence-electron chi connectivity index (χ2n) is 3.26. The quantitative estimate of drug-likeness (QED) is 0.286. The van der Waals surface area contributed by atoms with Gasteiger partial charge in [-0.1, -0.05) is 29.7 Å². The van der Waals surface area contributed by atoms with Crippen LogP contribution in [0, 0.1) is 10.1 Å². The number of hydrogen-bond donors (Lipinski definition) is 1. The lowest BCUT2D eigenvalue weighted by Crippen LogP contribution is -2.06. The number of nitro groups is 1. The predicted molar refractivity (Wildman–Crippen MR) is 74.4 cm³/mol. The highest BCUT2D eigenvalue weighted by molar-refractivity contribution is 8.13. The van der Waals surface area contributed by atoms with Crippen molar-refractivity contribution in [2.45, 2.75) is 0 Å². The van der Waals surface area contributed by atoms with Gasteiger partial charge in [-0.2, -0.15) is 5.10 Å². The van der Waals surface area contributed by atoms with E-state index in [-0.39, 0.29) is 22.2 Å². The maximum Gasteiger partial charge on any atom is 0.270 e. The molecule has 0 aliphatic rings. The summed E-state index contributed by atoms with van der Waals surface area (Å²) in [5.74, 6) is 0.218. The lowest BCUT2D eigenvalue weighted by atomic mass is 10.2. The van der Waals surface area contributed by atoms with Crippen LogP contribution in [0.5, 0.6) is 5.75 Å². The summed E-state index contributed by atoms with van der Waals surface area (Å²) in [4.78, 5) is 9.97. The monoisotopic (exact) mass is 279 g/mol. The molecule has 1 rings (SSSR count). The molecule has 0 radical (unpaired) electrons. The van der Waals surface area contributed by atoms with Crippen molar-refractivity contribution in [1.29, 1.82) is 0 Å². The number of thioether (sulfide) groups is 1. The first kappa shape index (κ1) is 14.7. The summed E-state index contributed by atoms with van der Waals surface area (Å²) in [6.07, 6.45) is 2.80. The number of rotatable bonds is 5. The lowest BCUT2D eigenvalue weighted by Gasteiger charge is -2.07. The first-order valence-electron chi connectivity index (χ1n) is 5.10. The second kappa shape index (κ2) is 7.17. The van der Waals surface area contributed by atoms with Crippen molar-refractivity contribution in [2.75, 3.05) is 5.75 Å². The first-order chi connectivity index (χ1) is 9.04. The number of nitro benzene ring substituents is 1. The van der Waals surface area contributed by atoms with Gasteiger partial charge in [0, 0.05) is 17.9 Å². The van der Waals surface area contributed by atoms with E-state index in [1.54, 1.807) is 6.08 Å². The Morgan fingerprint density at radius 3 is 2.95 bits per heavy atom. The molecule has 0 aliphatic heterocycles. The molecule has 0 bridgehead atoms. The highest BCUT2D eigenvalue weighted by Crippen LogP contribution is 2.19. The zero-order valence-corrected chi connectivity index (χ0v) is 10.7. The third kappa shape index (κ3) is 4.80. The molecule has 0 unspecified atom stereocenters. The fraction of sp³-hybridized carbons (Fsp3) is 0.0909. The molecule has 0 aliphatic carbocycles. The molecule has 0 aromatic heterocycles. The van der Waals surface area contributed by atoms with Crippen molar-refractivity contribution < 1.29 is 10.0 Å². The molecule has 0 atom stereocenters. The van der Waals surface area contributed by atoms with Crippen LogP contribution in [-0.4, -0.2) is 22.1 Å². The van der Waals surface area contributed by atoms with Gasteiger partial charge < -0.3 is 10.8 Å². The Morgan fingerprint density at radius 2 is 2.32 bits per heavy atom. The molecule has 0 saturated heterocycles. The van der Waals surface area contributed by atoms with E-state index < -0.39 is 4.92 Å². The molecule has 0 spiro atoms. The van der Waals surface area contributed by atoms with E-state index >= 15 is 0 Å². The van der Waals surface area contributed by atoms with E-state index in [1.807, 2.05) is 0 Å². The Kier molecular flexibility index (Phi) is 5.55. The van der Waals surface area contributed by atoms with Crippen molar-refractivity contribution in [3.05, 3.63) is 46.5 Å². The number of benzene rings is 1. The standard InChI is InChI=1S/C11H12N4O3S/c1-2-5-19-11(12)14-13-7-8-6-9(15(17)18)3-4-10(8)16/h2-4,6-7,16H,1,5H2,(H2,12,14)/p-1/b13-7-. The molecular weight excluding hydrogens is 268 g/mol. The van der Waals surface area contributed by atoms with Gasteiger partial charge in [0.1, 0.15) is 0 Å². The molecule has 100 valence electrons. The van der Waals surface area contributed by atoms with Crippen molar-refractivity contribution in [2.24, 2.45) is 15.9 Å². The van der Waals surface area contributed by atoms with E-state index in [2.05, 4.69) is 16.8 Å². The van der Waals surface area contributed by atoms with E-state index in [1.165, 1.54) is 11.8 Å². The Bertz CT molecular complexity index is 543.